The number of thiol groups is 1. The summed E-state index contributed by atoms with van der Waals surface area (Å²) in [4.78, 5) is 0. The molecular formula is C10H21S. The van der Waals surface area contributed by atoms with Crippen LogP contribution in [0.4, 0.5) is 0 Å². The first-order valence-corrected chi connectivity index (χ1v) is 5.47. The Labute approximate surface area is 77.2 Å². The highest BCUT2D eigenvalue weighted by Crippen LogP contribution is 2.07. The third-order valence-corrected chi connectivity index (χ3v) is 2.15. The van der Waals surface area contributed by atoms with E-state index in [-0.39, 0.29) is 0 Å². The van der Waals surface area contributed by atoms with E-state index >= 15 is 0 Å². The molecule has 0 aliphatic carbocycles. The maximum Gasteiger partial charge on any atom is -0.00666 e. The van der Waals surface area contributed by atoms with Crippen molar-refractivity contribution >= 4 is 12.6 Å². The van der Waals surface area contributed by atoms with Crippen LogP contribution in [0.1, 0.15) is 51.9 Å². The quantitative estimate of drug-likeness (QED) is 0.418. The van der Waals surface area contributed by atoms with E-state index in [4.69, 9.17) is 0 Å². The third kappa shape index (κ3) is 10.4. The molecule has 67 valence electrons. The molecule has 0 rings (SSSR count). The third-order valence-electron chi connectivity index (χ3n) is 1.89. The van der Waals surface area contributed by atoms with E-state index in [9.17, 15) is 0 Å². The predicted octanol–water partition coefficient (Wildman–Crippen LogP) is 3.87. The first-order valence-electron chi connectivity index (χ1n) is 4.84. The SMILES string of the molecule is CCCCCCCC[CH]CS. The molecule has 11 heavy (non-hydrogen) atoms. The van der Waals surface area contributed by atoms with Crippen LogP contribution in [0.25, 0.3) is 0 Å². The lowest BCUT2D eigenvalue weighted by molar-refractivity contribution is 0.606. The van der Waals surface area contributed by atoms with Gasteiger partial charge in [-0.2, -0.15) is 12.6 Å². The number of unbranched alkanes of at least 4 members (excludes halogenated alkanes) is 7. The summed E-state index contributed by atoms with van der Waals surface area (Å²) in [6.07, 6.45) is 11.9. The Morgan fingerprint density at radius 2 is 1.64 bits per heavy atom. The van der Waals surface area contributed by atoms with Crippen LogP contribution < -0.4 is 0 Å². The first kappa shape index (κ1) is 11.4. The molecule has 0 N–H and O–H groups in total. The predicted molar refractivity (Wildman–Crippen MR) is 56.1 cm³/mol. The van der Waals surface area contributed by atoms with Gasteiger partial charge >= 0.3 is 0 Å². The molecule has 0 fully saturated rings. The smallest absolute Gasteiger partial charge is 0.00666 e. The van der Waals surface area contributed by atoms with Crippen molar-refractivity contribution < 1.29 is 0 Å². The maximum atomic E-state index is 4.12. The lowest BCUT2D eigenvalue weighted by atomic mass is 10.1. The van der Waals surface area contributed by atoms with Gasteiger partial charge in [0.1, 0.15) is 0 Å². The summed E-state index contributed by atoms with van der Waals surface area (Å²) in [6, 6.07) is 0. The van der Waals surface area contributed by atoms with E-state index in [0.717, 1.165) is 5.75 Å². The van der Waals surface area contributed by atoms with Crippen LogP contribution in [0.2, 0.25) is 0 Å². The van der Waals surface area contributed by atoms with Gasteiger partial charge in [-0.05, 0) is 18.6 Å². The summed E-state index contributed by atoms with van der Waals surface area (Å²) in [5.74, 6) is 0.939. The van der Waals surface area contributed by atoms with Gasteiger partial charge in [-0.25, -0.2) is 0 Å². The molecule has 0 amide bonds. The minimum atomic E-state index is 0.939. The van der Waals surface area contributed by atoms with Crippen molar-refractivity contribution in [3.63, 3.8) is 0 Å². The van der Waals surface area contributed by atoms with E-state index in [1.165, 1.54) is 44.9 Å². The number of hydrogen-bond donors (Lipinski definition) is 1. The highest BCUT2D eigenvalue weighted by atomic mass is 32.1. The standard InChI is InChI=1S/C10H21S/c1-2-3-4-5-6-7-8-9-10-11/h9,11H,2-8,10H2,1H3. The highest BCUT2D eigenvalue weighted by Gasteiger charge is 1.89. The summed E-state index contributed by atoms with van der Waals surface area (Å²) >= 11 is 4.12. The molecular weight excluding hydrogens is 152 g/mol. The molecule has 0 aliphatic rings. The van der Waals surface area contributed by atoms with Crippen LogP contribution in [0, 0.1) is 6.42 Å². The van der Waals surface area contributed by atoms with Crippen LogP contribution >= 0.6 is 12.6 Å². The Hall–Kier alpha value is 0.350. The van der Waals surface area contributed by atoms with E-state index in [0.29, 0.717) is 0 Å². The van der Waals surface area contributed by atoms with Crippen molar-refractivity contribution in [2.75, 3.05) is 5.75 Å². The van der Waals surface area contributed by atoms with Gasteiger partial charge in [0.2, 0.25) is 0 Å². The lowest BCUT2D eigenvalue weighted by Gasteiger charge is -1.98. The van der Waals surface area contributed by atoms with Crippen LogP contribution in [-0.2, 0) is 0 Å². The fourth-order valence-corrected chi connectivity index (χ4v) is 1.34. The van der Waals surface area contributed by atoms with Crippen molar-refractivity contribution in [3.8, 4) is 0 Å². The van der Waals surface area contributed by atoms with Gasteiger partial charge < -0.3 is 0 Å². The molecule has 0 saturated heterocycles. The summed E-state index contributed by atoms with van der Waals surface area (Å²) in [5.41, 5.74) is 0. The van der Waals surface area contributed by atoms with Crippen molar-refractivity contribution in [3.05, 3.63) is 6.42 Å². The monoisotopic (exact) mass is 173 g/mol. The highest BCUT2D eigenvalue weighted by molar-refractivity contribution is 7.80. The Kier molecular flexibility index (Phi) is 10.7. The summed E-state index contributed by atoms with van der Waals surface area (Å²) in [6.45, 7) is 2.26. The molecule has 0 saturated carbocycles. The van der Waals surface area contributed by atoms with Crippen molar-refractivity contribution in [1.29, 1.82) is 0 Å². The molecule has 1 heteroatoms. The summed E-state index contributed by atoms with van der Waals surface area (Å²) in [7, 11) is 0. The topological polar surface area (TPSA) is 0 Å². The minimum absolute atomic E-state index is 0.939. The van der Waals surface area contributed by atoms with Crippen molar-refractivity contribution in [2.45, 2.75) is 51.9 Å². The molecule has 1 radical (unpaired) electrons. The van der Waals surface area contributed by atoms with Crippen molar-refractivity contribution in [1.82, 2.24) is 0 Å². The fraction of sp³-hybridized carbons (Fsp3) is 0.900. The van der Waals surface area contributed by atoms with Crippen LogP contribution in [0.5, 0.6) is 0 Å². The molecule has 0 atom stereocenters. The average Bonchev–Trinajstić information content (AvgIpc) is 2.03. The molecule has 0 spiro atoms. The molecule has 0 unspecified atom stereocenters. The van der Waals surface area contributed by atoms with E-state index in [1.807, 2.05) is 0 Å². The Morgan fingerprint density at radius 1 is 1.00 bits per heavy atom. The second-order valence-corrected chi connectivity index (χ2v) is 3.39. The van der Waals surface area contributed by atoms with Gasteiger partial charge in [0, 0.05) is 0 Å². The molecule has 0 bridgehead atoms. The molecule has 0 aromatic rings. The largest absolute Gasteiger partial charge is 0.179 e. The van der Waals surface area contributed by atoms with Gasteiger partial charge in [0.25, 0.3) is 0 Å². The lowest BCUT2D eigenvalue weighted by Crippen LogP contribution is -1.81. The second kappa shape index (κ2) is 10.3. The molecule has 0 heterocycles. The Morgan fingerprint density at radius 3 is 2.27 bits per heavy atom. The fourth-order valence-electron chi connectivity index (χ4n) is 1.16. The zero-order valence-electron chi connectivity index (χ0n) is 7.68. The van der Waals surface area contributed by atoms with Gasteiger partial charge in [-0.3, -0.25) is 0 Å². The average molecular weight is 173 g/mol. The Bertz CT molecular complexity index is 53.9. The number of rotatable bonds is 8. The zero-order chi connectivity index (χ0) is 8.36. The van der Waals surface area contributed by atoms with Gasteiger partial charge in [0.15, 0.2) is 0 Å². The first-order chi connectivity index (χ1) is 5.41. The normalized spacial score (nSPS) is 10.4. The zero-order valence-corrected chi connectivity index (χ0v) is 8.58. The van der Waals surface area contributed by atoms with Crippen LogP contribution in [-0.4, -0.2) is 5.75 Å². The number of hydrogen-bond acceptors (Lipinski definition) is 1. The molecule has 0 aliphatic heterocycles. The summed E-state index contributed by atoms with van der Waals surface area (Å²) < 4.78 is 0. The van der Waals surface area contributed by atoms with E-state index in [2.05, 4.69) is 26.0 Å². The van der Waals surface area contributed by atoms with Gasteiger partial charge in [-0.1, -0.05) is 45.4 Å². The molecule has 0 aromatic heterocycles. The van der Waals surface area contributed by atoms with Crippen LogP contribution in [0.15, 0.2) is 0 Å². The Balaban J connectivity index is 2.69. The summed E-state index contributed by atoms with van der Waals surface area (Å²) in [5, 5.41) is 0. The van der Waals surface area contributed by atoms with Gasteiger partial charge in [-0.15, -0.1) is 0 Å². The van der Waals surface area contributed by atoms with E-state index < -0.39 is 0 Å². The maximum absolute atomic E-state index is 4.12. The van der Waals surface area contributed by atoms with Crippen molar-refractivity contribution in [2.24, 2.45) is 0 Å². The van der Waals surface area contributed by atoms with E-state index in [1.54, 1.807) is 0 Å². The minimum Gasteiger partial charge on any atom is -0.179 e. The second-order valence-electron chi connectivity index (χ2n) is 3.03. The molecule has 0 aromatic carbocycles. The van der Waals surface area contributed by atoms with Gasteiger partial charge in [0.05, 0.1) is 0 Å². The molecule has 0 nitrogen and oxygen atoms in total. The van der Waals surface area contributed by atoms with Crippen LogP contribution in [0.3, 0.4) is 0 Å².